The van der Waals surface area contributed by atoms with Crippen LogP contribution in [0.3, 0.4) is 0 Å². The molecule has 0 heterocycles. The van der Waals surface area contributed by atoms with Gasteiger partial charge in [0.2, 0.25) is 0 Å². The Kier molecular flexibility index (Phi) is 12.5. The average molecular weight is 927 g/mol. The van der Waals surface area contributed by atoms with Gasteiger partial charge < -0.3 is 19.3 Å². The summed E-state index contributed by atoms with van der Waals surface area (Å²) < 4.78 is 82.4. The number of hydrogen-bond acceptors (Lipinski definition) is 8. The third-order valence-electron chi connectivity index (χ3n) is 6.85. The second-order valence-electron chi connectivity index (χ2n) is 9.99. The Morgan fingerprint density at radius 3 is 1.20 bits per heavy atom. The van der Waals surface area contributed by atoms with Crippen LogP contribution < -0.4 is 0 Å². The molecule has 0 aromatic heterocycles. The Bertz CT molecular complexity index is 2280. The van der Waals surface area contributed by atoms with Crippen LogP contribution in [0.4, 0.5) is 11.4 Å². The second-order valence-corrected chi connectivity index (χ2v) is 13.5. The number of para-hydroxylation sites is 2. The zero-order valence-electron chi connectivity index (χ0n) is 25.3. The average Bonchev–Trinajstić information content (AvgIpc) is 3.07. The monoisotopic (exact) mass is 926 g/mol. The van der Waals surface area contributed by atoms with Crippen molar-refractivity contribution in [2.45, 2.75) is 9.79 Å². The first-order valence-corrected chi connectivity index (χ1v) is 20.3. The molecule has 0 saturated carbocycles. The summed E-state index contributed by atoms with van der Waals surface area (Å²) in [6.45, 7) is 0. The van der Waals surface area contributed by atoms with Crippen LogP contribution >= 0.6 is 0 Å². The van der Waals surface area contributed by atoms with Crippen molar-refractivity contribution in [2.75, 3.05) is 0 Å². The number of benzene rings is 6. The van der Waals surface area contributed by atoms with E-state index in [0.29, 0.717) is 55.5 Å². The van der Waals surface area contributed by atoms with Gasteiger partial charge in [-0.3, -0.25) is 9.98 Å². The standard InChI is InChI=1S/2C17H13NO4S.2O.U/c2*19-15-9-2-1-5-13(15)11-18-14-8-3-6-12-7-4-10-16(17(12)14)23(20,21)22;;;/h2*1-11,19H,(H,20,21,22);;;/p+2. The van der Waals surface area contributed by atoms with Crippen molar-refractivity contribution in [3.8, 4) is 11.5 Å². The molecule has 2 unspecified atom stereocenters. The van der Waals surface area contributed by atoms with Gasteiger partial charge >= 0.3 is 32.3 Å². The second kappa shape index (κ2) is 16.6. The van der Waals surface area contributed by atoms with Gasteiger partial charge in [-0.05, 0) is 47.2 Å². The molecule has 0 aliphatic rings. The number of rotatable bonds is 6. The van der Waals surface area contributed by atoms with E-state index in [0.717, 1.165) is 0 Å². The maximum atomic E-state index is 11.6. The zero-order chi connectivity index (χ0) is 35.6. The summed E-state index contributed by atoms with van der Waals surface area (Å²) in [6, 6.07) is 33.6. The molecule has 0 fully saturated rings. The Morgan fingerprint density at radius 1 is 0.551 bits per heavy atom. The number of fused-ring (bicyclic) bond motifs is 2. The van der Waals surface area contributed by atoms with E-state index in [-0.39, 0.29) is 9.79 Å². The van der Waals surface area contributed by atoms with Crippen molar-refractivity contribution in [1.29, 1.82) is 0 Å². The first-order valence-electron chi connectivity index (χ1n) is 14.0. The normalized spacial score (nSPS) is 13.4. The Labute approximate surface area is 295 Å². The Hall–Kier alpha value is -4.75. The summed E-state index contributed by atoms with van der Waals surface area (Å²) in [5, 5.41) is 17.7. The van der Waals surface area contributed by atoms with Crippen LogP contribution in [0, 0.1) is 27.8 Å². The van der Waals surface area contributed by atoms with Crippen LogP contribution in [-0.4, -0.2) is 48.6 Å². The third kappa shape index (κ3) is 9.67. The SMILES string of the molecule is O=S([O-])(=[OH+])c1cccc2cccc(N=Cc3ccccc3[OH2+])c12.O=S([O-])(=[OH+])c1cccc2cccc(N=Cc3ccccc3[OH2+])c12.[O]=[U]=[O]. The van der Waals surface area contributed by atoms with Gasteiger partial charge in [-0.1, -0.05) is 72.8 Å². The minimum atomic E-state index is -4.35. The van der Waals surface area contributed by atoms with Crippen LogP contribution in [0.25, 0.3) is 21.5 Å². The summed E-state index contributed by atoms with van der Waals surface area (Å²) in [5.74, 6) is 0.651. The molecule has 0 radical (unpaired) electrons. The Balaban J connectivity index is 0.000000205. The molecule has 0 aliphatic heterocycles. The van der Waals surface area contributed by atoms with E-state index in [2.05, 4.69) is 9.98 Å². The van der Waals surface area contributed by atoms with Gasteiger partial charge in [0.1, 0.15) is 9.79 Å². The third-order valence-corrected chi connectivity index (χ3v) is 8.64. The van der Waals surface area contributed by atoms with Crippen LogP contribution in [0.2, 0.25) is 0 Å². The fraction of sp³-hybridized carbons (Fsp3) is 0. The van der Waals surface area contributed by atoms with Gasteiger partial charge in [0.25, 0.3) is 31.7 Å². The van der Waals surface area contributed by atoms with Crippen LogP contribution in [-0.2, 0) is 24.7 Å². The van der Waals surface area contributed by atoms with Gasteiger partial charge in [0, 0.05) is 35.3 Å². The van der Waals surface area contributed by atoms with Crippen molar-refractivity contribution in [1.82, 2.24) is 0 Å². The first kappa shape index (κ1) is 37.1. The van der Waals surface area contributed by atoms with Gasteiger partial charge in [-0.25, -0.2) is 8.42 Å². The fourth-order valence-corrected chi connectivity index (χ4v) is 6.18. The topological polar surface area (TPSA) is 228 Å². The predicted molar refractivity (Wildman–Crippen MR) is 181 cm³/mol. The van der Waals surface area contributed by atoms with Gasteiger partial charge in [-0.15, -0.1) is 0 Å². The molecule has 6 N–H and O–H groups in total. The number of nitrogens with zero attached hydrogens (tertiary/aromatic N) is 2. The van der Waals surface area contributed by atoms with Crippen molar-refractivity contribution in [3.63, 3.8) is 0 Å². The quantitative estimate of drug-likeness (QED) is 0.111. The summed E-state index contributed by atoms with van der Waals surface area (Å²) in [6.07, 6.45) is 3.02. The molecule has 6 aromatic rings. The van der Waals surface area contributed by atoms with E-state index >= 15 is 0 Å². The van der Waals surface area contributed by atoms with E-state index in [1.54, 1.807) is 109 Å². The molecule has 12 nitrogen and oxygen atoms in total. The van der Waals surface area contributed by atoms with Crippen molar-refractivity contribution >= 4 is 65.6 Å². The molecular weight excluding hydrogens is 899 g/mol. The van der Waals surface area contributed by atoms with Crippen LogP contribution in [0.5, 0.6) is 11.5 Å². The van der Waals surface area contributed by atoms with E-state index in [9.17, 15) is 25.9 Å². The van der Waals surface area contributed by atoms with Crippen molar-refractivity contribution < 1.29 is 68.4 Å². The minimum absolute atomic E-state index is 0.179. The zero-order valence-corrected chi connectivity index (χ0v) is 31.1. The van der Waals surface area contributed by atoms with Gasteiger partial charge in [-0.2, -0.15) is 8.42 Å². The summed E-state index contributed by atoms with van der Waals surface area (Å²) in [7, 11) is -8.71. The molecular formula is C34H28N2O10S2U+2. The molecule has 15 heteroatoms. The molecule has 0 bridgehead atoms. The first-order chi connectivity index (χ1) is 23.3. The molecule has 0 amide bonds. The van der Waals surface area contributed by atoms with Gasteiger partial charge in [0.05, 0.1) is 22.5 Å². The molecule has 0 saturated heterocycles. The molecule has 6 rings (SSSR count). The molecule has 49 heavy (non-hydrogen) atoms. The van der Waals surface area contributed by atoms with Crippen LogP contribution in [0.1, 0.15) is 11.1 Å². The molecule has 6 aromatic carbocycles. The Morgan fingerprint density at radius 2 is 0.878 bits per heavy atom. The molecule has 0 aliphatic carbocycles. The molecule has 0 spiro atoms. The van der Waals surface area contributed by atoms with Crippen molar-refractivity contribution in [2.24, 2.45) is 9.98 Å². The molecule has 2 atom stereocenters. The number of aliphatic imine (C=N–C) groups is 2. The predicted octanol–water partition coefficient (Wildman–Crippen LogP) is 5.94. The van der Waals surface area contributed by atoms with E-state index in [1.807, 2.05) is 0 Å². The van der Waals surface area contributed by atoms with E-state index in [1.165, 1.54) is 24.6 Å². The van der Waals surface area contributed by atoms with E-state index < -0.39 is 48.1 Å². The van der Waals surface area contributed by atoms with Crippen LogP contribution in [0.15, 0.2) is 141 Å². The number of hydrogen-bond donors (Lipinski definition) is 0. The summed E-state index contributed by atoms with van der Waals surface area (Å²) in [4.78, 5) is 8.28. The summed E-state index contributed by atoms with van der Waals surface area (Å²) >= 11 is -2.51. The summed E-state index contributed by atoms with van der Waals surface area (Å²) in [5.41, 5.74) is 2.07. The maximum absolute atomic E-state index is 11.6. The van der Waals surface area contributed by atoms with E-state index in [4.69, 9.17) is 14.7 Å². The van der Waals surface area contributed by atoms with Crippen molar-refractivity contribution in [3.05, 3.63) is 132 Å². The molecule has 248 valence electrons. The fourth-order valence-electron chi connectivity index (χ4n) is 4.72. The van der Waals surface area contributed by atoms with Gasteiger partial charge in [0.15, 0.2) is 0 Å².